The fourth-order valence-corrected chi connectivity index (χ4v) is 3.89. The first-order chi connectivity index (χ1) is 9.89. The quantitative estimate of drug-likeness (QED) is 0.833. The van der Waals surface area contributed by atoms with Gasteiger partial charge in [-0.15, -0.1) is 0 Å². The van der Waals surface area contributed by atoms with Gasteiger partial charge in [-0.3, -0.25) is 0 Å². The van der Waals surface area contributed by atoms with Crippen LogP contribution in [0.3, 0.4) is 0 Å². The van der Waals surface area contributed by atoms with Gasteiger partial charge in [-0.1, -0.05) is 12.8 Å². The molecule has 2 atom stereocenters. The molecule has 3 nitrogen and oxygen atoms in total. The van der Waals surface area contributed by atoms with E-state index in [0.29, 0.717) is 23.3 Å². The predicted octanol–water partition coefficient (Wildman–Crippen LogP) is 3.34. The van der Waals surface area contributed by atoms with E-state index < -0.39 is 0 Å². The Morgan fingerprint density at radius 3 is 2.76 bits per heavy atom. The molecule has 2 aliphatic rings. The fraction of sp³-hybridized carbons (Fsp3) is 0.647. The highest BCUT2D eigenvalue weighted by molar-refractivity contribution is 5.56. The molecule has 0 bridgehead atoms. The minimum Gasteiger partial charge on any atom is -0.508 e. The lowest BCUT2D eigenvalue weighted by Crippen LogP contribution is -2.67. The summed E-state index contributed by atoms with van der Waals surface area (Å²) in [6, 6.07) is 4.12. The third kappa shape index (κ3) is 2.61. The van der Waals surface area contributed by atoms with Crippen LogP contribution in [0.15, 0.2) is 12.1 Å². The standard InChI is InChI=1S/C17H25FN2O/c1-11-15(21)9-8-14(16(11)18)20-10-17(2,3)19-12-6-4-5-7-13(12)20/h8-9,12-13,19,21H,4-7,10H2,1-3H3/t12-,13+/m1/s1. The van der Waals surface area contributed by atoms with E-state index in [1.54, 1.807) is 19.1 Å². The summed E-state index contributed by atoms with van der Waals surface area (Å²) in [5.41, 5.74) is 0.949. The molecule has 2 fully saturated rings. The molecule has 0 unspecified atom stereocenters. The number of rotatable bonds is 1. The van der Waals surface area contributed by atoms with Gasteiger partial charge in [-0.2, -0.15) is 0 Å². The third-order valence-corrected chi connectivity index (χ3v) is 4.92. The molecule has 0 radical (unpaired) electrons. The van der Waals surface area contributed by atoms with E-state index >= 15 is 0 Å². The lowest BCUT2D eigenvalue weighted by molar-refractivity contribution is 0.198. The van der Waals surface area contributed by atoms with Crippen LogP contribution in [0.25, 0.3) is 0 Å². The predicted molar refractivity (Wildman–Crippen MR) is 83.4 cm³/mol. The number of piperazine rings is 1. The monoisotopic (exact) mass is 292 g/mol. The molecule has 0 spiro atoms. The highest BCUT2D eigenvalue weighted by Crippen LogP contribution is 2.36. The average Bonchev–Trinajstić information content (AvgIpc) is 2.43. The number of benzene rings is 1. The maximum atomic E-state index is 14.6. The first-order valence-electron chi connectivity index (χ1n) is 7.91. The molecule has 1 saturated carbocycles. The number of phenolic OH excluding ortho intramolecular Hbond substituents is 1. The Bertz CT molecular complexity index is 544. The number of halogens is 1. The molecule has 1 aromatic carbocycles. The summed E-state index contributed by atoms with van der Waals surface area (Å²) in [6.45, 7) is 6.78. The van der Waals surface area contributed by atoms with Crippen molar-refractivity contribution in [1.29, 1.82) is 0 Å². The van der Waals surface area contributed by atoms with Gasteiger partial charge in [-0.25, -0.2) is 4.39 Å². The van der Waals surface area contributed by atoms with E-state index in [0.717, 1.165) is 19.4 Å². The molecule has 116 valence electrons. The second-order valence-electron chi connectivity index (χ2n) is 7.16. The summed E-state index contributed by atoms with van der Waals surface area (Å²) < 4.78 is 14.6. The fourth-order valence-electron chi connectivity index (χ4n) is 3.89. The van der Waals surface area contributed by atoms with Crippen LogP contribution >= 0.6 is 0 Å². The van der Waals surface area contributed by atoms with Gasteiger partial charge in [0.15, 0.2) is 5.82 Å². The second-order valence-corrected chi connectivity index (χ2v) is 7.16. The maximum Gasteiger partial charge on any atom is 0.153 e. The molecule has 0 amide bonds. The Labute approximate surface area is 126 Å². The van der Waals surface area contributed by atoms with Crippen LogP contribution < -0.4 is 10.2 Å². The topological polar surface area (TPSA) is 35.5 Å². The van der Waals surface area contributed by atoms with Crippen LogP contribution in [0.2, 0.25) is 0 Å². The SMILES string of the molecule is Cc1c(O)ccc(N2CC(C)(C)N[C@@H]3CCCC[C@@H]32)c1F. The van der Waals surface area contributed by atoms with Crippen molar-refractivity contribution in [2.75, 3.05) is 11.4 Å². The van der Waals surface area contributed by atoms with Crippen molar-refractivity contribution in [1.82, 2.24) is 5.32 Å². The highest BCUT2D eigenvalue weighted by Gasteiger charge is 2.41. The van der Waals surface area contributed by atoms with Crippen LogP contribution in [0, 0.1) is 12.7 Å². The number of nitrogens with one attached hydrogen (secondary N) is 1. The van der Waals surface area contributed by atoms with Crippen LogP contribution in [-0.2, 0) is 0 Å². The zero-order chi connectivity index (χ0) is 15.2. The van der Waals surface area contributed by atoms with E-state index in [9.17, 15) is 9.50 Å². The molecule has 4 heteroatoms. The normalized spacial score (nSPS) is 28.3. The van der Waals surface area contributed by atoms with Gasteiger partial charge >= 0.3 is 0 Å². The van der Waals surface area contributed by atoms with Gasteiger partial charge in [0, 0.05) is 29.7 Å². The third-order valence-electron chi connectivity index (χ3n) is 4.92. The summed E-state index contributed by atoms with van der Waals surface area (Å²) in [7, 11) is 0. The van der Waals surface area contributed by atoms with Crippen LogP contribution in [0.5, 0.6) is 5.75 Å². The number of hydrogen-bond donors (Lipinski definition) is 2. The van der Waals surface area contributed by atoms with Gasteiger partial charge < -0.3 is 15.3 Å². The molecule has 3 rings (SSSR count). The molecule has 2 N–H and O–H groups in total. The van der Waals surface area contributed by atoms with Gasteiger partial charge in [-0.05, 0) is 45.7 Å². The lowest BCUT2D eigenvalue weighted by atomic mass is 9.83. The molecule has 0 aromatic heterocycles. The lowest BCUT2D eigenvalue weighted by Gasteiger charge is -2.52. The van der Waals surface area contributed by atoms with E-state index in [-0.39, 0.29) is 17.1 Å². The van der Waals surface area contributed by atoms with Crippen molar-refractivity contribution in [3.05, 3.63) is 23.5 Å². The first-order valence-corrected chi connectivity index (χ1v) is 7.91. The van der Waals surface area contributed by atoms with Gasteiger partial charge in [0.1, 0.15) is 5.75 Å². The summed E-state index contributed by atoms with van der Waals surface area (Å²) in [5.74, 6) is -0.247. The van der Waals surface area contributed by atoms with Crippen LogP contribution in [0.1, 0.15) is 45.1 Å². The maximum absolute atomic E-state index is 14.6. The van der Waals surface area contributed by atoms with Crippen molar-refractivity contribution in [2.45, 2.75) is 64.1 Å². The molecular formula is C17H25FN2O. The first kappa shape index (κ1) is 14.6. The van der Waals surface area contributed by atoms with E-state index in [1.165, 1.54) is 12.8 Å². The van der Waals surface area contributed by atoms with E-state index in [4.69, 9.17) is 0 Å². The number of anilines is 1. The van der Waals surface area contributed by atoms with E-state index in [1.807, 2.05) is 0 Å². The Hall–Kier alpha value is -1.29. The van der Waals surface area contributed by atoms with Crippen molar-refractivity contribution < 1.29 is 9.50 Å². The number of nitrogens with zero attached hydrogens (tertiary/aromatic N) is 1. The molecule has 1 aliphatic carbocycles. The van der Waals surface area contributed by atoms with Gasteiger partial charge in [0.2, 0.25) is 0 Å². The Morgan fingerprint density at radius 2 is 2.00 bits per heavy atom. The zero-order valence-electron chi connectivity index (χ0n) is 13.1. The number of phenols is 1. The summed E-state index contributed by atoms with van der Waals surface area (Å²) in [5, 5.41) is 13.4. The van der Waals surface area contributed by atoms with Gasteiger partial charge in [0.05, 0.1) is 5.69 Å². The van der Waals surface area contributed by atoms with Crippen molar-refractivity contribution in [3.63, 3.8) is 0 Å². The Balaban J connectivity index is 2.00. The second kappa shape index (κ2) is 5.16. The molecule has 1 aliphatic heterocycles. The molecule has 1 heterocycles. The van der Waals surface area contributed by atoms with E-state index in [2.05, 4.69) is 24.1 Å². The summed E-state index contributed by atoms with van der Waals surface area (Å²) in [6.07, 6.45) is 4.71. The molecular weight excluding hydrogens is 267 g/mol. The smallest absolute Gasteiger partial charge is 0.153 e. The van der Waals surface area contributed by atoms with Crippen LogP contribution in [-0.4, -0.2) is 29.3 Å². The van der Waals surface area contributed by atoms with Crippen LogP contribution in [0.4, 0.5) is 10.1 Å². The summed E-state index contributed by atoms with van der Waals surface area (Å²) in [4.78, 5) is 2.22. The largest absolute Gasteiger partial charge is 0.508 e. The van der Waals surface area contributed by atoms with Crippen molar-refractivity contribution >= 4 is 5.69 Å². The van der Waals surface area contributed by atoms with Crippen molar-refractivity contribution in [2.24, 2.45) is 0 Å². The zero-order valence-corrected chi connectivity index (χ0v) is 13.1. The molecule has 1 saturated heterocycles. The minimum atomic E-state index is -0.281. The van der Waals surface area contributed by atoms with Gasteiger partial charge in [0.25, 0.3) is 0 Å². The number of aromatic hydroxyl groups is 1. The molecule has 21 heavy (non-hydrogen) atoms. The minimum absolute atomic E-state index is 0.0310. The highest BCUT2D eigenvalue weighted by atomic mass is 19.1. The Kier molecular flexibility index (Phi) is 3.60. The molecule has 1 aromatic rings. The number of fused-ring (bicyclic) bond motifs is 1. The number of hydrogen-bond acceptors (Lipinski definition) is 3. The average molecular weight is 292 g/mol. The summed E-state index contributed by atoms with van der Waals surface area (Å²) >= 11 is 0. The van der Waals surface area contributed by atoms with Crippen molar-refractivity contribution in [3.8, 4) is 5.75 Å². The Morgan fingerprint density at radius 1 is 1.29 bits per heavy atom.